The highest BCUT2D eigenvalue weighted by Gasteiger charge is 2.31. The van der Waals surface area contributed by atoms with Gasteiger partial charge in [-0.1, -0.05) is 0 Å². The van der Waals surface area contributed by atoms with Gasteiger partial charge in [0.05, 0.1) is 13.4 Å². The van der Waals surface area contributed by atoms with E-state index in [0.717, 1.165) is 6.92 Å². The Morgan fingerprint density at radius 2 is 2.13 bits per heavy atom. The van der Waals surface area contributed by atoms with Crippen LogP contribution in [-0.4, -0.2) is 63.4 Å². The van der Waals surface area contributed by atoms with Gasteiger partial charge >= 0.3 is 0 Å². The molecule has 15 heavy (non-hydrogen) atoms. The number of rotatable bonds is 6. The van der Waals surface area contributed by atoms with Gasteiger partial charge in [0.2, 0.25) is 5.91 Å². The molecule has 0 saturated heterocycles. The summed E-state index contributed by atoms with van der Waals surface area (Å²) in [5, 5.41) is 39.3. The predicted octanol–water partition coefficient (Wildman–Crippen LogP) is -3.23. The topological polar surface area (TPSA) is 127 Å². The van der Waals surface area contributed by atoms with E-state index in [-0.39, 0.29) is 0 Å². The van der Waals surface area contributed by atoms with Gasteiger partial charge < -0.3 is 30.5 Å². The third-order valence-corrected chi connectivity index (χ3v) is 1.31. The first-order valence-electron chi connectivity index (χ1n) is 6.67. The molecule has 88 valence electrons. The van der Waals surface area contributed by atoms with Crippen LogP contribution in [0, 0.1) is 0 Å². The molecule has 0 rings (SSSR count). The predicted molar refractivity (Wildman–Crippen MR) is 48.8 cm³/mol. The molecular weight excluding hydrogens is 206 g/mol. The van der Waals surface area contributed by atoms with Crippen molar-refractivity contribution in [3.63, 3.8) is 0 Å². The minimum Gasteiger partial charge on any atom is -0.394 e. The first-order chi connectivity index (χ1) is 9.00. The highest BCUT2D eigenvalue weighted by atomic mass is 16.4. The second-order valence-corrected chi connectivity index (χ2v) is 2.45. The van der Waals surface area contributed by atoms with E-state index in [9.17, 15) is 24.9 Å². The van der Waals surface area contributed by atoms with E-state index < -0.39 is 43.0 Å². The van der Waals surface area contributed by atoms with Crippen molar-refractivity contribution < 1.29 is 38.2 Å². The number of aliphatic hydroxyl groups is 4. The van der Waals surface area contributed by atoms with Crippen molar-refractivity contribution in [3.05, 3.63) is 0 Å². The van der Waals surface area contributed by atoms with Gasteiger partial charge in [-0.3, -0.25) is 4.79 Å². The van der Waals surface area contributed by atoms with Crippen LogP contribution in [0.2, 0.25) is 0 Å². The van der Waals surface area contributed by atoms with Gasteiger partial charge in [0, 0.05) is 6.92 Å². The lowest BCUT2D eigenvalue weighted by Gasteiger charge is -2.25. The van der Waals surface area contributed by atoms with E-state index in [0.29, 0.717) is 0 Å². The number of amides is 1. The number of nitrogens with one attached hydrogen (secondary N) is 1. The first-order valence-corrected chi connectivity index (χ1v) is 3.67. The lowest BCUT2D eigenvalue weighted by atomic mass is 10.0. The van der Waals surface area contributed by atoms with Gasteiger partial charge in [0.25, 0.3) is 0 Å². The van der Waals surface area contributed by atoms with Crippen LogP contribution < -0.4 is 5.32 Å². The summed E-state index contributed by atoms with van der Waals surface area (Å²) in [6.07, 6.45) is -14.2. The molecule has 4 atom stereocenters. The van der Waals surface area contributed by atoms with Crippen molar-refractivity contribution in [2.24, 2.45) is 0 Å². The SMILES string of the molecule is [2H]C(=O)C(NC(C)=O)C([2H])(O)C([2H])(O)C([2H])(O)C([2H])([2H])O. The smallest absolute Gasteiger partial charge is 0.217 e. The minimum absolute atomic E-state index is 0.813. The van der Waals surface area contributed by atoms with E-state index >= 15 is 0 Å². The zero-order valence-electron chi connectivity index (χ0n) is 13.7. The van der Waals surface area contributed by atoms with Crippen LogP contribution in [0.5, 0.6) is 0 Å². The van der Waals surface area contributed by atoms with Crippen molar-refractivity contribution in [2.75, 3.05) is 6.56 Å². The molecule has 0 saturated carbocycles. The molecule has 5 N–H and O–H groups in total. The van der Waals surface area contributed by atoms with Crippen molar-refractivity contribution in [1.29, 1.82) is 0 Å². The van der Waals surface area contributed by atoms with Gasteiger partial charge in [-0.2, -0.15) is 0 Å². The van der Waals surface area contributed by atoms with Crippen molar-refractivity contribution >= 4 is 12.2 Å². The monoisotopic (exact) mass is 227 g/mol. The van der Waals surface area contributed by atoms with Gasteiger partial charge in [0.1, 0.15) is 31.9 Å². The van der Waals surface area contributed by atoms with Gasteiger partial charge in [-0.25, -0.2) is 0 Å². The number of aldehydes is 1. The summed E-state index contributed by atoms with van der Waals surface area (Å²) in [4.78, 5) is 21.9. The number of carbonyl (C=O) groups is 2. The lowest BCUT2D eigenvalue weighted by Crippen LogP contribution is -2.53. The van der Waals surface area contributed by atoms with Crippen LogP contribution in [-0.2, 0) is 9.59 Å². The zero-order valence-corrected chi connectivity index (χ0v) is 7.68. The fraction of sp³-hybridized carbons (Fsp3) is 0.750. The lowest BCUT2D eigenvalue weighted by molar-refractivity contribution is -0.129. The van der Waals surface area contributed by atoms with E-state index in [1.807, 2.05) is 0 Å². The molecule has 0 aliphatic carbocycles. The largest absolute Gasteiger partial charge is 0.394 e. The van der Waals surface area contributed by atoms with Crippen molar-refractivity contribution in [1.82, 2.24) is 5.32 Å². The maximum atomic E-state index is 11.0. The Labute approximate surface area is 94.8 Å². The maximum absolute atomic E-state index is 11.0. The Hall–Kier alpha value is -1.02. The van der Waals surface area contributed by atoms with E-state index in [1.165, 1.54) is 0 Å². The molecule has 0 fully saturated rings. The second-order valence-electron chi connectivity index (χ2n) is 2.45. The average Bonchev–Trinajstić information content (AvgIpc) is 2.22. The third-order valence-electron chi connectivity index (χ3n) is 1.31. The summed E-state index contributed by atoms with van der Waals surface area (Å²) in [5.74, 6) is -1.05. The maximum Gasteiger partial charge on any atom is 0.217 e. The zero-order chi connectivity index (χ0) is 17.4. The van der Waals surface area contributed by atoms with E-state index in [1.54, 1.807) is 5.32 Å². The fourth-order valence-corrected chi connectivity index (χ4v) is 0.668. The highest BCUT2D eigenvalue weighted by molar-refractivity contribution is 5.77. The van der Waals surface area contributed by atoms with E-state index in [2.05, 4.69) is 0 Å². The number of hydrogen-bond donors (Lipinski definition) is 5. The molecule has 0 aromatic rings. The van der Waals surface area contributed by atoms with Crippen molar-refractivity contribution in [2.45, 2.75) is 31.2 Å². The minimum atomic E-state index is -4.22. The van der Waals surface area contributed by atoms with Crippen LogP contribution in [0.4, 0.5) is 0 Å². The molecule has 0 aromatic carbocycles. The highest BCUT2D eigenvalue weighted by Crippen LogP contribution is 2.03. The van der Waals surface area contributed by atoms with Crippen LogP contribution in [0.15, 0.2) is 0 Å². The van der Waals surface area contributed by atoms with Gasteiger partial charge in [-0.15, -0.1) is 0 Å². The molecule has 4 unspecified atom stereocenters. The normalized spacial score (nSPS) is 31.8. The van der Waals surface area contributed by atoms with Crippen LogP contribution in [0.3, 0.4) is 0 Å². The number of hydrogen-bond acceptors (Lipinski definition) is 6. The summed E-state index contributed by atoms with van der Waals surface area (Å²) >= 11 is 0. The molecule has 7 heteroatoms. The molecule has 0 aliphatic heterocycles. The Bertz CT molecular complexity index is 433. The summed E-state index contributed by atoms with van der Waals surface area (Å²) in [5.41, 5.74) is 0. The Kier molecular flexibility index (Phi) is 2.82. The first kappa shape index (κ1) is 6.54. The molecule has 7 nitrogen and oxygen atoms in total. The van der Waals surface area contributed by atoms with Gasteiger partial charge in [-0.05, 0) is 0 Å². The fourth-order valence-electron chi connectivity index (χ4n) is 0.668. The quantitative estimate of drug-likeness (QED) is 0.303. The Balaban J connectivity index is 5.95. The Morgan fingerprint density at radius 3 is 2.47 bits per heavy atom. The molecule has 0 heterocycles. The summed E-state index contributed by atoms with van der Waals surface area (Å²) < 4.78 is 42.0. The van der Waals surface area contributed by atoms with Gasteiger partial charge in [0.15, 0.2) is 0 Å². The average molecular weight is 227 g/mol. The standard InChI is InChI=1S/C8H15NO6/c1-4(12)9-5(2-10)7(14)8(15)6(13)3-11/h2,5-8,11,13-15H,3H2,1H3,(H,9,12)/i2D,3D2,6D,7D,8D. The molecule has 0 bridgehead atoms. The van der Waals surface area contributed by atoms with Crippen molar-refractivity contribution in [3.8, 4) is 0 Å². The summed E-state index contributed by atoms with van der Waals surface area (Å²) in [6.45, 7) is -3.17. The molecular formula is C8H15NO6. The summed E-state index contributed by atoms with van der Waals surface area (Å²) in [6, 6.07) is -2.59. The van der Waals surface area contributed by atoms with Crippen LogP contribution in [0.1, 0.15) is 15.1 Å². The molecule has 0 aromatic heterocycles. The van der Waals surface area contributed by atoms with E-state index in [4.69, 9.17) is 13.3 Å². The molecule has 1 amide bonds. The number of carbonyl (C=O) groups excluding carboxylic acids is 2. The molecule has 0 spiro atoms. The molecule has 0 aliphatic rings. The second kappa shape index (κ2) is 6.46. The summed E-state index contributed by atoms with van der Waals surface area (Å²) in [7, 11) is 0. The molecule has 0 radical (unpaired) electrons. The Morgan fingerprint density at radius 1 is 1.60 bits per heavy atom. The van der Waals surface area contributed by atoms with Crippen LogP contribution >= 0.6 is 0 Å². The third kappa shape index (κ3) is 4.34. The van der Waals surface area contributed by atoms with Crippen LogP contribution in [0.25, 0.3) is 0 Å².